The number of alkyl halides is 3. The lowest BCUT2D eigenvalue weighted by Gasteiger charge is -2.20. The van der Waals surface area contributed by atoms with Gasteiger partial charge in [0.25, 0.3) is 5.91 Å². The lowest BCUT2D eigenvalue weighted by Crippen LogP contribution is -2.34. The number of hydrogen-bond acceptors (Lipinski definition) is 4. The molecule has 2 aromatic carbocycles. The SMILES string of the molecule is Cc1cc(-c2c(Oc3cccc(F)c3)cn3ccnc3c2NCCC(F)(F)F)ccc1C(=O)NC1(C)CC1. The first-order valence-electron chi connectivity index (χ1n) is 12.2. The molecule has 2 heterocycles. The van der Waals surface area contributed by atoms with Crippen molar-refractivity contribution in [2.75, 3.05) is 11.9 Å². The van der Waals surface area contributed by atoms with Crippen LogP contribution in [0.3, 0.4) is 0 Å². The predicted molar refractivity (Wildman–Crippen MR) is 136 cm³/mol. The number of halogens is 4. The Morgan fingerprint density at radius 2 is 1.97 bits per heavy atom. The quantitative estimate of drug-likeness (QED) is 0.246. The summed E-state index contributed by atoms with van der Waals surface area (Å²) >= 11 is 0. The Labute approximate surface area is 216 Å². The van der Waals surface area contributed by atoms with Gasteiger partial charge < -0.3 is 19.8 Å². The standard InChI is InChI=1S/C28H26F4N4O2/c1-17-14-18(6-7-21(17)26(37)35-27(2)8-9-27)23-22(38-20-5-3-4-19(29)15-20)16-36-13-12-34-25(36)24(23)33-11-10-28(30,31)32/h3-7,12-16,33H,8-11H2,1-2H3,(H,35,37). The number of anilines is 1. The van der Waals surface area contributed by atoms with E-state index in [9.17, 15) is 22.4 Å². The maximum absolute atomic E-state index is 13.9. The van der Waals surface area contributed by atoms with Crippen LogP contribution in [0.5, 0.6) is 11.5 Å². The molecule has 6 nitrogen and oxygen atoms in total. The van der Waals surface area contributed by atoms with Crippen LogP contribution < -0.4 is 15.4 Å². The number of aromatic nitrogens is 2. The van der Waals surface area contributed by atoms with E-state index in [0.717, 1.165) is 12.8 Å². The van der Waals surface area contributed by atoms with Gasteiger partial charge in [0.05, 0.1) is 23.9 Å². The van der Waals surface area contributed by atoms with Crippen LogP contribution in [-0.4, -0.2) is 33.6 Å². The molecule has 10 heteroatoms. The van der Waals surface area contributed by atoms with E-state index in [1.165, 1.54) is 24.4 Å². The molecule has 1 fully saturated rings. The Morgan fingerprint density at radius 1 is 1.18 bits per heavy atom. The number of rotatable bonds is 8. The summed E-state index contributed by atoms with van der Waals surface area (Å²) in [5.41, 5.74) is 2.77. The van der Waals surface area contributed by atoms with Gasteiger partial charge in [-0.25, -0.2) is 9.37 Å². The van der Waals surface area contributed by atoms with Crippen LogP contribution in [0.2, 0.25) is 0 Å². The molecular formula is C28H26F4N4O2. The van der Waals surface area contributed by atoms with Gasteiger partial charge in [0.2, 0.25) is 0 Å². The van der Waals surface area contributed by atoms with Gasteiger partial charge in [0.1, 0.15) is 11.6 Å². The number of benzene rings is 2. The van der Waals surface area contributed by atoms with Gasteiger partial charge in [0.15, 0.2) is 11.4 Å². The van der Waals surface area contributed by atoms with Crippen LogP contribution in [0.1, 0.15) is 42.1 Å². The van der Waals surface area contributed by atoms with E-state index in [1.807, 2.05) is 6.92 Å². The zero-order valence-corrected chi connectivity index (χ0v) is 20.8. The number of aryl methyl sites for hydroxylation is 1. The van der Waals surface area contributed by atoms with E-state index in [2.05, 4.69) is 15.6 Å². The molecule has 2 N–H and O–H groups in total. The first-order valence-corrected chi connectivity index (χ1v) is 12.2. The summed E-state index contributed by atoms with van der Waals surface area (Å²) in [4.78, 5) is 17.2. The minimum atomic E-state index is -4.35. The molecule has 38 heavy (non-hydrogen) atoms. The van der Waals surface area contributed by atoms with E-state index in [4.69, 9.17) is 4.74 Å². The molecular weight excluding hydrogens is 500 g/mol. The van der Waals surface area contributed by atoms with E-state index in [1.54, 1.807) is 48.0 Å². The van der Waals surface area contributed by atoms with Gasteiger partial charge >= 0.3 is 6.18 Å². The highest BCUT2D eigenvalue weighted by Crippen LogP contribution is 2.42. The van der Waals surface area contributed by atoms with Crippen LogP contribution >= 0.6 is 0 Å². The first-order chi connectivity index (χ1) is 18.0. The van der Waals surface area contributed by atoms with Crippen LogP contribution in [0.25, 0.3) is 16.8 Å². The summed E-state index contributed by atoms with van der Waals surface area (Å²) in [5, 5.41) is 5.93. The average Bonchev–Trinajstić information content (AvgIpc) is 3.36. The second-order valence-corrected chi connectivity index (χ2v) is 9.80. The first kappa shape index (κ1) is 25.6. The fourth-order valence-corrected chi connectivity index (χ4v) is 4.28. The van der Waals surface area contributed by atoms with E-state index >= 15 is 0 Å². The molecule has 0 unspecified atom stereocenters. The van der Waals surface area contributed by atoms with Gasteiger partial charge in [-0.05, 0) is 56.0 Å². The largest absolute Gasteiger partial charge is 0.455 e. The summed E-state index contributed by atoms with van der Waals surface area (Å²) in [6.45, 7) is 3.40. The van der Waals surface area contributed by atoms with E-state index in [0.29, 0.717) is 33.6 Å². The number of hydrogen-bond donors (Lipinski definition) is 2. The molecule has 5 rings (SSSR count). The highest BCUT2D eigenvalue weighted by atomic mass is 19.4. The van der Waals surface area contributed by atoms with Crippen molar-refractivity contribution in [3.63, 3.8) is 0 Å². The summed E-state index contributed by atoms with van der Waals surface area (Å²) in [6.07, 6.45) is 1.26. The lowest BCUT2D eigenvalue weighted by molar-refractivity contribution is -0.131. The molecule has 198 valence electrons. The van der Waals surface area contributed by atoms with Crippen molar-refractivity contribution in [2.45, 2.75) is 44.8 Å². The summed E-state index contributed by atoms with van der Waals surface area (Å²) in [6, 6.07) is 10.8. The van der Waals surface area contributed by atoms with Crippen molar-refractivity contribution < 1.29 is 27.1 Å². The van der Waals surface area contributed by atoms with Crippen LogP contribution in [0, 0.1) is 12.7 Å². The number of carbonyl (C=O) groups excluding carboxylic acids is 1. The third-order valence-corrected chi connectivity index (χ3v) is 6.55. The van der Waals surface area contributed by atoms with Gasteiger partial charge in [-0.1, -0.05) is 18.2 Å². The Balaban J connectivity index is 1.61. The number of ether oxygens (including phenoxy) is 1. The normalized spacial score (nSPS) is 14.4. The summed E-state index contributed by atoms with van der Waals surface area (Å²) in [7, 11) is 0. The minimum absolute atomic E-state index is 0.183. The Hall–Kier alpha value is -4.08. The predicted octanol–water partition coefficient (Wildman–Crippen LogP) is 6.89. The zero-order valence-electron chi connectivity index (χ0n) is 20.8. The number of amides is 1. The van der Waals surface area contributed by atoms with Gasteiger partial charge in [-0.3, -0.25) is 4.79 Å². The molecule has 4 aromatic rings. The Morgan fingerprint density at radius 3 is 2.66 bits per heavy atom. The fourth-order valence-electron chi connectivity index (χ4n) is 4.28. The van der Waals surface area contributed by atoms with Crippen LogP contribution in [-0.2, 0) is 0 Å². The molecule has 1 saturated carbocycles. The molecule has 0 bridgehead atoms. The summed E-state index contributed by atoms with van der Waals surface area (Å²) in [5.74, 6) is -0.181. The zero-order chi connectivity index (χ0) is 27.1. The maximum Gasteiger partial charge on any atom is 0.390 e. The maximum atomic E-state index is 13.9. The molecule has 1 aliphatic rings. The lowest BCUT2D eigenvalue weighted by atomic mass is 9.97. The van der Waals surface area contributed by atoms with Gasteiger partial charge in [-0.15, -0.1) is 0 Å². The minimum Gasteiger partial charge on any atom is -0.455 e. The van der Waals surface area contributed by atoms with Gasteiger partial charge in [-0.2, -0.15) is 13.2 Å². The van der Waals surface area contributed by atoms with Crippen LogP contribution in [0.4, 0.5) is 23.2 Å². The van der Waals surface area contributed by atoms with Crippen LogP contribution in [0.15, 0.2) is 61.1 Å². The van der Waals surface area contributed by atoms with Crippen molar-refractivity contribution in [3.05, 3.63) is 78.0 Å². The highest BCUT2D eigenvalue weighted by molar-refractivity contribution is 5.98. The van der Waals surface area contributed by atoms with Crippen molar-refractivity contribution in [1.29, 1.82) is 0 Å². The molecule has 0 atom stereocenters. The second kappa shape index (κ2) is 9.66. The molecule has 1 aliphatic carbocycles. The fraction of sp³-hybridized carbons (Fsp3) is 0.286. The molecule has 0 aliphatic heterocycles. The number of imidazole rings is 1. The van der Waals surface area contributed by atoms with Crippen molar-refractivity contribution in [2.24, 2.45) is 0 Å². The molecule has 0 radical (unpaired) electrons. The van der Waals surface area contributed by atoms with Crippen molar-refractivity contribution in [3.8, 4) is 22.6 Å². The topological polar surface area (TPSA) is 67.7 Å². The molecule has 0 saturated heterocycles. The Bertz CT molecular complexity index is 1510. The third kappa shape index (κ3) is 5.58. The number of nitrogens with one attached hydrogen (secondary N) is 2. The number of carbonyl (C=O) groups is 1. The van der Waals surface area contributed by atoms with E-state index in [-0.39, 0.29) is 29.5 Å². The number of pyridine rings is 1. The monoisotopic (exact) mass is 526 g/mol. The number of nitrogens with zero attached hydrogens (tertiary/aromatic N) is 2. The molecule has 0 spiro atoms. The summed E-state index contributed by atoms with van der Waals surface area (Å²) < 4.78 is 60.5. The molecule has 2 aromatic heterocycles. The molecule has 1 amide bonds. The van der Waals surface area contributed by atoms with Crippen molar-refractivity contribution in [1.82, 2.24) is 14.7 Å². The number of fused-ring (bicyclic) bond motifs is 1. The Kier molecular flexibility index (Phi) is 6.50. The van der Waals surface area contributed by atoms with Gasteiger partial charge in [0, 0.05) is 36.1 Å². The average molecular weight is 527 g/mol. The smallest absolute Gasteiger partial charge is 0.390 e. The third-order valence-electron chi connectivity index (χ3n) is 6.55. The van der Waals surface area contributed by atoms with E-state index < -0.39 is 18.4 Å². The van der Waals surface area contributed by atoms with Crippen molar-refractivity contribution >= 4 is 17.2 Å². The second-order valence-electron chi connectivity index (χ2n) is 9.80. The highest BCUT2D eigenvalue weighted by Gasteiger charge is 2.39.